The number of hydrogen-bond donors (Lipinski definition) is 1. The molecule has 0 aromatic carbocycles. The fraction of sp³-hybridized carbons (Fsp3) is 0.833. The van der Waals surface area contributed by atoms with Gasteiger partial charge in [-0.15, -0.1) is 0 Å². The quantitative estimate of drug-likeness (QED) is 0.659. The second-order valence-corrected chi connectivity index (χ2v) is 3.68. The highest BCUT2D eigenvalue weighted by Gasteiger charge is 2.18. The van der Waals surface area contributed by atoms with E-state index in [1.165, 1.54) is 11.5 Å². The molecule has 2 heterocycles. The van der Waals surface area contributed by atoms with Crippen molar-refractivity contribution in [2.75, 3.05) is 18.0 Å². The van der Waals surface area contributed by atoms with Gasteiger partial charge in [0, 0.05) is 30.7 Å². The van der Waals surface area contributed by atoms with Crippen LogP contribution < -0.4 is 10.6 Å². The Morgan fingerprint density at radius 1 is 1.42 bits per heavy atom. The molecular weight excluding hydrogens is 174 g/mol. The van der Waals surface area contributed by atoms with Crippen LogP contribution in [0, 0.1) is 0 Å². The minimum Gasteiger partial charge on any atom is -0.345 e. The van der Waals surface area contributed by atoms with Gasteiger partial charge in [-0.1, -0.05) is 9.59 Å². The third-order valence-electron chi connectivity index (χ3n) is 2.10. The third-order valence-corrected chi connectivity index (χ3v) is 2.76. The Balaban J connectivity index is 1.99. The monoisotopic (exact) mass is 185 g/mol. The second-order valence-electron chi connectivity index (χ2n) is 2.97. The smallest absolute Gasteiger partial charge is 0.227 e. The molecule has 1 aliphatic heterocycles. The van der Waals surface area contributed by atoms with Gasteiger partial charge < -0.3 is 10.6 Å². The van der Waals surface area contributed by atoms with Gasteiger partial charge in [-0.25, -0.2) is 0 Å². The van der Waals surface area contributed by atoms with Gasteiger partial charge >= 0.3 is 0 Å². The molecule has 0 saturated carbocycles. The summed E-state index contributed by atoms with van der Waals surface area (Å²) in [5, 5.41) is 8.39. The minimum atomic E-state index is 0.363. The third kappa shape index (κ3) is 1.54. The average molecular weight is 185 g/mol. The summed E-state index contributed by atoms with van der Waals surface area (Å²) in [6.45, 7) is 1.97. The Morgan fingerprint density at radius 3 is 2.75 bits per heavy atom. The van der Waals surface area contributed by atoms with Crippen LogP contribution in [0.5, 0.6) is 0 Å². The van der Waals surface area contributed by atoms with Crippen LogP contribution in [0.3, 0.4) is 0 Å². The lowest BCUT2D eigenvalue weighted by Gasteiger charge is -2.28. The SMILES string of the molecule is NC1CCN(c2nnns2)CC1. The summed E-state index contributed by atoms with van der Waals surface area (Å²) in [5.41, 5.74) is 5.78. The highest BCUT2D eigenvalue weighted by molar-refractivity contribution is 7.09. The van der Waals surface area contributed by atoms with Gasteiger partial charge in [0.2, 0.25) is 5.13 Å². The number of rotatable bonds is 1. The summed E-state index contributed by atoms with van der Waals surface area (Å²) < 4.78 is 3.72. The van der Waals surface area contributed by atoms with E-state index in [1.54, 1.807) is 0 Å². The van der Waals surface area contributed by atoms with Crippen LogP contribution in [0.1, 0.15) is 12.8 Å². The molecule has 0 bridgehead atoms. The second kappa shape index (κ2) is 3.32. The summed E-state index contributed by atoms with van der Waals surface area (Å²) in [6.07, 6.45) is 2.08. The Morgan fingerprint density at radius 2 is 2.17 bits per heavy atom. The molecule has 1 aliphatic rings. The van der Waals surface area contributed by atoms with E-state index in [1.807, 2.05) is 0 Å². The molecule has 1 saturated heterocycles. The van der Waals surface area contributed by atoms with Crippen LogP contribution >= 0.6 is 11.5 Å². The predicted octanol–water partition coefficient (Wildman–Crippen LogP) is -0.139. The highest BCUT2D eigenvalue weighted by Crippen LogP contribution is 2.18. The van der Waals surface area contributed by atoms with E-state index in [4.69, 9.17) is 5.73 Å². The normalized spacial score (nSPS) is 19.9. The molecule has 0 amide bonds. The molecule has 2 rings (SSSR count). The van der Waals surface area contributed by atoms with E-state index >= 15 is 0 Å². The molecule has 0 aliphatic carbocycles. The summed E-state index contributed by atoms with van der Waals surface area (Å²) >= 11 is 1.34. The molecule has 6 heteroatoms. The van der Waals surface area contributed by atoms with Gasteiger partial charge in [0.25, 0.3) is 0 Å². The van der Waals surface area contributed by atoms with Gasteiger partial charge in [-0.05, 0) is 18.1 Å². The van der Waals surface area contributed by atoms with Crippen molar-refractivity contribution in [1.29, 1.82) is 0 Å². The van der Waals surface area contributed by atoms with Crippen molar-refractivity contribution >= 4 is 16.7 Å². The molecule has 1 aromatic heterocycles. The maximum absolute atomic E-state index is 5.78. The summed E-state index contributed by atoms with van der Waals surface area (Å²) in [7, 11) is 0. The number of piperidine rings is 1. The van der Waals surface area contributed by atoms with Crippen LogP contribution in [0.15, 0.2) is 0 Å². The molecule has 1 fully saturated rings. The summed E-state index contributed by atoms with van der Waals surface area (Å²) in [5.74, 6) is 0. The van der Waals surface area contributed by atoms with E-state index in [9.17, 15) is 0 Å². The Kier molecular flexibility index (Phi) is 2.18. The average Bonchev–Trinajstić information content (AvgIpc) is 2.58. The van der Waals surface area contributed by atoms with E-state index in [-0.39, 0.29) is 0 Å². The van der Waals surface area contributed by atoms with Crippen molar-refractivity contribution in [3.05, 3.63) is 0 Å². The van der Waals surface area contributed by atoms with Crippen LogP contribution in [0.2, 0.25) is 0 Å². The molecular formula is C6H11N5S. The first-order valence-corrected chi connectivity index (χ1v) is 4.79. The zero-order valence-electron chi connectivity index (χ0n) is 6.68. The fourth-order valence-electron chi connectivity index (χ4n) is 1.34. The lowest BCUT2D eigenvalue weighted by atomic mass is 10.1. The molecule has 0 unspecified atom stereocenters. The van der Waals surface area contributed by atoms with E-state index in [2.05, 4.69) is 19.7 Å². The van der Waals surface area contributed by atoms with Crippen LogP contribution in [0.4, 0.5) is 5.13 Å². The van der Waals surface area contributed by atoms with Crippen molar-refractivity contribution in [2.24, 2.45) is 5.73 Å². The lowest BCUT2D eigenvalue weighted by Crippen LogP contribution is -2.39. The van der Waals surface area contributed by atoms with Crippen molar-refractivity contribution < 1.29 is 0 Å². The van der Waals surface area contributed by atoms with Crippen LogP contribution in [-0.4, -0.2) is 33.9 Å². The molecule has 1 aromatic rings. The molecule has 12 heavy (non-hydrogen) atoms. The standard InChI is InChI=1S/C6H11N5S/c7-5-1-3-11(4-2-5)6-8-9-10-12-6/h5H,1-4,7H2. The molecule has 0 radical (unpaired) electrons. The van der Waals surface area contributed by atoms with Crippen molar-refractivity contribution in [1.82, 2.24) is 14.8 Å². The molecule has 5 nitrogen and oxygen atoms in total. The minimum absolute atomic E-state index is 0.363. The Hall–Kier alpha value is -0.750. The van der Waals surface area contributed by atoms with Crippen LogP contribution in [-0.2, 0) is 0 Å². The summed E-state index contributed by atoms with van der Waals surface area (Å²) in [6, 6.07) is 0.363. The molecule has 66 valence electrons. The topological polar surface area (TPSA) is 67.9 Å². The van der Waals surface area contributed by atoms with E-state index in [0.29, 0.717) is 6.04 Å². The van der Waals surface area contributed by atoms with Gasteiger partial charge in [-0.3, -0.25) is 0 Å². The zero-order chi connectivity index (χ0) is 8.39. The van der Waals surface area contributed by atoms with Gasteiger partial charge in [0.05, 0.1) is 0 Å². The Labute approximate surface area is 74.7 Å². The number of anilines is 1. The van der Waals surface area contributed by atoms with E-state index in [0.717, 1.165) is 31.1 Å². The first-order valence-electron chi connectivity index (χ1n) is 4.02. The first-order chi connectivity index (χ1) is 5.86. The number of hydrogen-bond acceptors (Lipinski definition) is 6. The fourth-order valence-corrected chi connectivity index (χ4v) is 1.86. The van der Waals surface area contributed by atoms with Gasteiger partial charge in [0.15, 0.2) is 0 Å². The Bertz CT molecular complexity index is 228. The maximum Gasteiger partial charge on any atom is 0.227 e. The first kappa shape index (κ1) is 7.88. The van der Waals surface area contributed by atoms with E-state index < -0.39 is 0 Å². The zero-order valence-corrected chi connectivity index (χ0v) is 7.50. The predicted molar refractivity (Wildman–Crippen MR) is 47.1 cm³/mol. The van der Waals surface area contributed by atoms with Crippen LogP contribution in [0.25, 0.3) is 0 Å². The summed E-state index contributed by atoms with van der Waals surface area (Å²) in [4.78, 5) is 2.19. The largest absolute Gasteiger partial charge is 0.345 e. The van der Waals surface area contributed by atoms with Crippen molar-refractivity contribution in [3.8, 4) is 0 Å². The maximum atomic E-state index is 5.78. The number of aromatic nitrogens is 3. The molecule has 0 spiro atoms. The van der Waals surface area contributed by atoms with Crippen molar-refractivity contribution in [3.63, 3.8) is 0 Å². The van der Waals surface area contributed by atoms with Gasteiger partial charge in [-0.2, -0.15) is 0 Å². The van der Waals surface area contributed by atoms with Crippen molar-refractivity contribution in [2.45, 2.75) is 18.9 Å². The lowest BCUT2D eigenvalue weighted by molar-refractivity contribution is 0.500. The molecule has 2 N–H and O–H groups in total. The number of nitrogens with zero attached hydrogens (tertiary/aromatic N) is 4. The number of nitrogens with two attached hydrogens (primary N) is 1. The highest BCUT2D eigenvalue weighted by atomic mass is 32.1. The molecule has 0 atom stereocenters. The van der Waals surface area contributed by atoms with Gasteiger partial charge in [0.1, 0.15) is 0 Å².